The molecule has 1 atom stereocenters. The summed E-state index contributed by atoms with van der Waals surface area (Å²) in [5.41, 5.74) is 9.27. The Labute approximate surface area is 163 Å². The fourth-order valence-electron chi connectivity index (χ4n) is 2.45. The molecule has 0 aromatic heterocycles. The zero-order valence-corrected chi connectivity index (χ0v) is 15.7. The van der Waals surface area contributed by atoms with Gasteiger partial charge in [0.25, 0.3) is 0 Å². The molecule has 1 aromatic rings. The van der Waals surface area contributed by atoms with Crippen molar-refractivity contribution < 1.29 is 14.3 Å². The predicted octanol–water partition coefficient (Wildman–Crippen LogP) is 3.77. The standard InChI is InChI=1S/C16H10Cl3N4O3/c1-7(24)23(8(2)25)12-6-26-16(22-21)13(10(12)5-20)9-3-4-11(17)15(19)14(9)18/h3-4,6,16H,1-2H3. The molecule has 2 amide bonds. The summed E-state index contributed by atoms with van der Waals surface area (Å²) in [5, 5.41) is 12.9. The molecule has 0 saturated carbocycles. The fourth-order valence-corrected chi connectivity index (χ4v) is 3.08. The van der Waals surface area contributed by atoms with Gasteiger partial charge in [-0.1, -0.05) is 40.9 Å². The number of imide groups is 1. The molecule has 1 unspecified atom stereocenters. The van der Waals surface area contributed by atoms with Gasteiger partial charge in [0, 0.05) is 25.0 Å². The van der Waals surface area contributed by atoms with Crippen LogP contribution in [0.3, 0.4) is 0 Å². The number of amides is 2. The van der Waals surface area contributed by atoms with Crippen LogP contribution in [0, 0.1) is 11.3 Å². The van der Waals surface area contributed by atoms with Gasteiger partial charge >= 0.3 is 0 Å². The second kappa shape index (κ2) is 7.87. The first-order valence-corrected chi connectivity index (χ1v) is 8.17. The molecule has 0 fully saturated rings. The molecule has 10 heteroatoms. The average molecular weight is 413 g/mol. The third-order valence-corrected chi connectivity index (χ3v) is 4.79. The Morgan fingerprint density at radius 1 is 1.19 bits per heavy atom. The third kappa shape index (κ3) is 3.44. The second-order valence-corrected chi connectivity index (χ2v) is 6.27. The van der Waals surface area contributed by atoms with E-state index in [1.807, 2.05) is 6.07 Å². The fraction of sp³-hybridized carbons (Fsp3) is 0.188. The highest BCUT2D eigenvalue weighted by Crippen LogP contribution is 2.41. The highest BCUT2D eigenvalue weighted by Gasteiger charge is 2.34. The SMILES string of the molecule is CC(=O)N(C(C)=O)C1=COC(N=[N])C(c2ccc(Cl)c(Cl)c2Cl)=C1C#N. The Balaban J connectivity index is 2.81. The van der Waals surface area contributed by atoms with Crippen molar-refractivity contribution in [2.24, 2.45) is 5.11 Å². The highest BCUT2D eigenvalue weighted by atomic mass is 35.5. The van der Waals surface area contributed by atoms with Crippen LogP contribution >= 0.6 is 34.8 Å². The molecule has 0 aliphatic carbocycles. The van der Waals surface area contributed by atoms with Crippen molar-refractivity contribution in [1.82, 2.24) is 10.4 Å². The van der Waals surface area contributed by atoms with Crippen LogP contribution in [-0.4, -0.2) is 22.9 Å². The lowest BCUT2D eigenvalue weighted by molar-refractivity contribution is -0.139. The van der Waals surface area contributed by atoms with E-state index in [4.69, 9.17) is 39.5 Å². The normalized spacial score (nSPS) is 16.3. The van der Waals surface area contributed by atoms with Crippen LogP contribution in [0.15, 0.2) is 34.8 Å². The first-order chi connectivity index (χ1) is 12.2. The van der Waals surface area contributed by atoms with Gasteiger partial charge in [-0.05, 0) is 11.6 Å². The molecule has 26 heavy (non-hydrogen) atoms. The zero-order chi connectivity index (χ0) is 19.6. The van der Waals surface area contributed by atoms with E-state index in [-0.39, 0.29) is 37.5 Å². The number of benzene rings is 1. The molecule has 7 nitrogen and oxygen atoms in total. The van der Waals surface area contributed by atoms with Crippen molar-refractivity contribution >= 4 is 52.2 Å². The summed E-state index contributed by atoms with van der Waals surface area (Å²) in [6.45, 7) is 2.32. The largest absolute Gasteiger partial charge is 0.468 e. The van der Waals surface area contributed by atoms with E-state index in [0.717, 1.165) is 25.0 Å². The number of hydrogen-bond donors (Lipinski definition) is 0. The quantitative estimate of drug-likeness (QED) is 0.556. The first kappa shape index (κ1) is 19.9. The minimum absolute atomic E-state index is 0.00221. The lowest BCUT2D eigenvalue weighted by atomic mass is 9.95. The van der Waals surface area contributed by atoms with Crippen molar-refractivity contribution in [1.29, 1.82) is 5.26 Å². The van der Waals surface area contributed by atoms with Crippen LogP contribution in [0.5, 0.6) is 0 Å². The van der Waals surface area contributed by atoms with Crippen molar-refractivity contribution in [3.05, 3.63) is 50.3 Å². The van der Waals surface area contributed by atoms with E-state index in [0.29, 0.717) is 0 Å². The Morgan fingerprint density at radius 3 is 2.31 bits per heavy atom. The molecule has 1 radical (unpaired) electrons. The molecule has 0 N–H and O–H groups in total. The monoisotopic (exact) mass is 411 g/mol. The summed E-state index contributed by atoms with van der Waals surface area (Å²) < 4.78 is 5.28. The van der Waals surface area contributed by atoms with E-state index in [9.17, 15) is 20.4 Å². The molecule has 0 spiro atoms. The summed E-state index contributed by atoms with van der Waals surface area (Å²) in [5.74, 6) is -1.25. The summed E-state index contributed by atoms with van der Waals surface area (Å²) in [7, 11) is 0. The summed E-state index contributed by atoms with van der Waals surface area (Å²) >= 11 is 18.2. The maximum atomic E-state index is 11.8. The molecule has 133 valence electrons. The van der Waals surface area contributed by atoms with E-state index >= 15 is 0 Å². The lowest BCUT2D eigenvalue weighted by Gasteiger charge is -2.28. The maximum absolute atomic E-state index is 11.8. The van der Waals surface area contributed by atoms with Gasteiger partial charge in [-0.2, -0.15) is 5.26 Å². The van der Waals surface area contributed by atoms with Gasteiger partial charge in [-0.25, -0.2) is 4.90 Å². The number of carbonyl (C=O) groups excluding carboxylic acids is 2. The van der Waals surface area contributed by atoms with Gasteiger partial charge in [0.2, 0.25) is 18.0 Å². The molecule has 1 aliphatic rings. The molecule has 1 heterocycles. The van der Waals surface area contributed by atoms with E-state index in [2.05, 4.69) is 5.11 Å². The van der Waals surface area contributed by atoms with Gasteiger partial charge < -0.3 is 4.74 Å². The Kier molecular flexibility index (Phi) is 6.03. The third-order valence-electron chi connectivity index (χ3n) is 3.49. The van der Waals surface area contributed by atoms with Gasteiger partial charge in [-0.3, -0.25) is 9.59 Å². The van der Waals surface area contributed by atoms with Crippen molar-refractivity contribution in [2.45, 2.75) is 20.1 Å². The number of ether oxygens (including phenoxy) is 1. The van der Waals surface area contributed by atoms with E-state index in [1.54, 1.807) is 0 Å². The van der Waals surface area contributed by atoms with Gasteiger partial charge in [-0.15, -0.1) is 5.11 Å². The van der Waals surface area contributed by atoms with Crippen molar-refractivity contribution in [2.75, 3.05) is 0 Å². The van der Waals surface area contributed by atoms with Crippen LogP contribution in [0.2, 0.25) is 15.1 Å². The van der Waals surface area contributed by atoms with Crippen LogP contribution in [0.4, 0.5) is 0 Å². The molecular weight excluding hydrogens is 403 g/mol. The van der Waals surface area contributed by atoms with Gasteiger partial charge in [0.05, 0.1) is 20.6 Å². The van der Waals surface area contributed by atoms with E-state index in [1.165, 1.54) is 12.1 Å². The minimum Gasteiger partial charge on any atom is -0.468 e. The first-order valence-electron chi connectivity index (χ1n) is 7.04. The topological polar surface area (TPSA) is 105 Å². The van der Waals surface area contributed by atoms with E-state index < -0.39 is 18.0 Å². The number of nitrogens with zero attached hydrogens (tertiary/aromatic N) is 4. The van der Waals surface area contributed by atoms with Crippen molar-refractivity contribution in [3.63, 3.8) is 0 Å². The van der Waals surface area contributed by atoms with Crippen LogP contribution in [0.1, 0.15) is 19.4 Å². The summed E-state index contributed by atoms with van der Waals surface area (Å²) in [6, 6.07) is 4.79. The molecule has 0 saturated heterocycles. The average Bonchev–Trinajstić information content (AvgIpc) is 2.59. The van der Waals surface area contributed by atoms with Crippen molar-refractivity contribution in [3.8, 4) is 6.07 Å². The van der Waals surface area contributed by atoms with Gasteiger partial charge in [0.1, 0.15) is 18.0 Å². The number of rotatable bonds is 3. The number of nitriles is 1. The highest BCUT2D eigenvalue weighted by molar-refractivity contribution is 6.48. The molecule has 1 aromatic carbocycles. The molecule has 2 rings (SSSR count). The summed E-state index contributed by atoms with van der Waals surface area (Å²) in [4.78, 5) is 24.5. The number of allylic oxidation sites excluding steroid dienone is 1. The second-order valence-electron chi connectivity index (χ2n) is 5.10. The molecular formula is C16H10Cl3N4O3. The smallest absolute Gasteiger partial charge is 0.237 e. The number of hydrogen-bond acceptors (Lipinski definition) is 5. The Hall–Kier alpha value is -2.40. The molecule has 1 aliphatic heterocycles. The zero-order valence-electron chi connectivity index (χ0n) is 13.5. The Morgan fingerprint density at radius 2 is 1.81 bits per heavy atom. The molecule has 0 bridgehead atoms. The van der Waals surface area contributed by atoms with Crippen LogP contribution in [-0.2, 0) is 14.3 Å². The minimum atomic E-state index is -1.32. The predicted molar refractivity (Wildman–Crippen MR) is 94.7 cm³/mol. The Bertz CT molecular complexity index is 904. The van der Waals surface area contributed by atoms with Crippen LogP contribution in [0.25, 0.3) is 5.57 Å². The maximum Gasteiger partial charge on any atom is 0.237 e. The number of halogens is 3. The number of carbonyl (C=O) groups is 2. The van der Waals surface area contributed by atoms with Gasteiger partial charge in [0.15, 0.2) is 0 Å². The lowest BCUT2D eigenvalue weighted by Crippen LogP contribution is -2.35. The van der Waals surface area contributed by atoms with Crippen LogP contribution < -0.4 is 5.53 Å². The summed E-state index contributed by atoms with van der Waals surface area (Å²) in [6.07, 6.45) is -0.315.